The summed E-state index contributed by atoms with van der Waals surface area (Å²) in [7, 11) is 1.87. The largest absolute Gasteiger partial charge is 0.477 e. The van der Waals surface area contributed by atoms with Crippen molar-refractivity contribution in [3.8, 4) is 0 Å². The lowest BCUT2D eigenvalue weighted by atomic mass is 9.96. The number of pyridine rings is 1. The summed E-state index contributed by atoms with van der Waals surface area (Å²) in [5.41, 5.74) is -0.532. The Morgan fingerprint density at radius 2 is 2.00 bits per heavy atom. The number of hydrogen-bond donors (Lipinski definition) is 2. The van der Waals surface area contributed by atoms with Crippen LogP contribution in [0.4, 0.5) is 10.1 Å². The molecule has 1 aromatic heterocycles. The highest BCUT2D eigenvalue weighted by molar-refractivity contribution is 5.93. The lowest BCUT2D eigenvalue weighted by molar-refractivity contribution is 0.0694. The van der Waals surface area contributed by atoms with Gasteiger partial charge in [0.1, 0.15) is 11.4 Å². The molecule has 2 atom stereocenters. The third-order valence-electron chi connectivity index (χ3n) is 5.17. The second-order valence-corrected chi connectivity index (χ2v) is 7.83. The number of likely N-dealkylation sites (N-methyl/N-ethyl adjacent to an activating group) is 1. The molecule has 2 heterocycles. The fourth-order valence-electron chi connectivity index (χ4n) is 3.52. The third-order valence-corrected chi connectivity index (χ3v) is 5.17. The Bertz CT molecular complexity index is 946. The quantitative estimate of drug-likeness (QED) is 0.878. The average Bonchev–Trinajstić information content (AvgIpc) is 2.53. The van der Waals surface area contributed by atoms with E-state index in [1.807, 2.05) is 39.6 Å². The van der Waals surface area contributed by atoms with Crippen molar-refractivity contribution in [3.63, 3.8) is 0 Å². The SMILES string of the molecule is CN[C@H]1CN(c2cc3c(cc2F)c(=O)c(C(=O)O)cn3C(C)(C)C)[C@@H]1C. The van der Waals surface area contributed by atoms with Gasteiger partial charge in [-0.25, -0.2) is 9.18 Å². The molecule has 0 radical (unpaired) electrons. The highest BCUT2D eigenvalue weighted by Gasteiger charge is 2.36. The Morgan fingerprint density at radius 1 is 1.35 bits per heavy atom. The van der Waals surface area contributed by atoms with Crippen LogP contribution in [0.2, 0.25) is 0 Å². The van der Waals surface area contributed by atoms with Gasteiger partial charge >= 0.3 is 5.97 Å². The fourth-order valence-corrected chi connectivity index (χ4v) is 3.52. The van der Waals surface area contributed by atoms with Gasteiger partial charge in [0.05, 0.1) is 11.2 Å². The zero-order chi connectivity index (χ0) is 19.4. The summed E-state index contributed by atoms with van der Waals surface area (Å²) >= 11 is 0. The van der Waals surface area contributed by atoms with Crippen LogP contribution in [-0.4, -0.2) is 41.3 Å². The molecule has 6 nitrogen and oxygen atoms in total. The molecular formula is C19H24FN3O3. The van der Waals surface area contributed by atoms with Gasteiger partial charge in [0.2, 0.25) is 5.43 Å². The molecule has 0 unspecified atom stereocenters. The van der Waals surface area contributed by atoms with Crippen molar-refractivity contribution < 1.29 is 14.3 Å². The van der Waals surface area contributed by atoms with Crippen molar-refractivity contribution in [2.75, 3.05) is 18.5 Å². The number of nitrogens with one attached hydrogen (secondary N) is 1. The normalized spacial score (nSPS) is 20.3. The maximum atomic E-state index is 14.8. The predicted molar refractivity (Wildman–Crippen MR) is 99.8 cm³/mol. The Hall–Kier alpha value is -2.41. The molecule has 1 fully saturated rings. The van der Waals surface area contributed by atoms with Gasteiger partial charge in [0.25, 0.3) is 0 Å². The van der Waals surface area contributed by atoms with Crippen molar-refractivity contribution >= 4 is 22.6 Å². The van der Waals surface area contributed by atoms with Gasteiger partial charge in [-0.15, -0.1) is 0 Å². The number of nitrogens with zero attached hydrogens (tertiary/aromatic N) is 2. The molecule has 7 heteroatoms. The zero-order valence-electron chi connectivity index (χ0n) is 15.6. The highest BCUT2D eigenvalue weighted by atomic mass is 19.1. The summed E-state index contributed by atoms with van der Waals surface area (Å²) in [6, 6.07) is 3.23. The number of aromatic nitrogens is 1. The van der Waals surface area contributed by atoms with Crippen molar-refractivity contribution in [2.45, 2.75) is 45.3 Å². The number of rotatable bonds is 3. The van der Waals surface area contributed by atoms with Crippen molar-refractivity contribution in [1.29, 1.82) is 0 Å². The van der Waals surface area contributed by atoms with Crippen LogP contribution >= 0.6 is 0 Å². The van der Waals surface area contributed by atoms with Gasteiger partial charge in [0, 0.05) is 35.8 Å². The lowest BCUT2D eigenvalue weighted by Crippen LogP contribution is -2.64. The maximum Gasteiger partial charge on any atom is 0.341 e. The van der Waals surface area contributed by atoms with E-state index in [1.165, 1.54) is 12.3 Å². The van der Waals surface area contributed by atoms with E-state index >= 15 is 0 Å². The average molecular weight is 361 g/mol. The van der Waals surface area contributed by atoms with Crippen LogP contribution < -0.4 is 15.6 Å². The summed E-state index contributed by atoms with van der Waals surface area (Å²) < 4.78 is 16.5. The van der Waals surface area contributed by atoms with E-state index in [0.29, 0.717) is 17.7 Å². The third kappa shape index (κ3) is 2.76. The molecule has 1 saturated heterocycles. The zero-order valence-corrected chi connectivity index (χ0v) is 15.6. The molecule has 1 aliphatic heterocycles. The Kier molecular flexibility index (Phi) is 4.30. The summed E-state index contributed by atoms with van der Waals surface area (Å²) in [5.74, 6) is -1.83. The van der Waals surface area contributed by atoms with Crippen LogP contribution in [0.15, 0.2) is 23.1 Å². The number of halogens is 1. The van der Waals surface area contributed by atoms with Gasteiger partial charge in [-0.1, -0.05) is 0 Å². The van der Waals surface area contributed by atoms with Gasteiger partial charge in [-0.05, 0) is 46.9 Å². The number of benzene rings is 1. The van der Waals surface area contributed by atoms with Crippen molar-refractivity contribution in [1.82, 2.24) is 9.88 Å². The summed E-state index contributed by atoms with van der Waals surface area (Å²) in [6.07, 6.45) is 1.35. The molecule has 0 aliphatic carbocycles. The molecule has 1 aliphatic rings. The van der Waals surface area contributed by atoms with Crippen molar-refractivity contribution in [2.24, 2.45) is 0 Å². The lowest BCUT2D eigenvalue weighted by Gasteiger charge is -2.48. The highest BCUT2D eigenvalue weighted by Crippen LogP contribution is 2.33. The number of carbonyl (C=O) groups is 1. The molecule has 0 spiro atoms. The monoisotopic (exact) mass is 361 g/mol. The van der Waals surface area contributed by atoms with Gasteiger partial charge in [0.15, 0.2) is 0 Å². The summed E-state index contributed by atoms with van der Waals surface area (Å²) in [6.45, 7) is 8.42. The van der Waals surface area contributed by atoms with Crippen LogP contribution in [0.25, 0.3) is 10.9 Å². The Morgan fingerprint density at radius 3 is 2.50 bits per heavy atom. The molecule has 26 heavy (non-hydrogen) atoms. The van der Waals surface area contributed by atoms with Crippen LogP contribution in [0.1, 0.15) is 38.1 Å². The molecule has 2 N–H and O–H groups in total. The van der Waals surface area contributed by atoms with Gasteiger partial charge in [-0.2, -0.15) is 0 Å². The van der Waals surface area contributed by atoms with Gasteiger partial charge < -0.3 is 19.9 Å². The molecule has 2 aromatic rings. The van der Waals surface area contributed by atoms with E-state index in [0.717, 1.165) is 0 Å². The number of carboxylic acid groups (broad SMARTS) is 1. The van der Waals surface area contributed by atoms with E-state index in [4.69, 9.17) is 0 Å². The minimum absolute atomic E-state index is 0.0828. The molecule has 0 bridgehead atoms. The van der Waals surface area contributed by atoms with E-state index in [9.17, 15) is 19.1 Å². The second kappa shape index (κ2) is 6.09. The Balaban J connectivity index is 2.28. The smallest absolute Gasteiger partial charge is 0.341 e. The first-order chi connectivity index (χ1) is 12.1. The molecule has 1 aromatic carbocycles. The maximum absolute atomic E-state index is 14.8. The van der Waals surface area contributed by atoms with E-state index in [2.05, 4.69) is 5.32 Å². The predicted octanol–water partition coefficient (Wildman–Crippen LogP) is 2.39. The van der Waals surface area contributed by atoms with E-state index in [1.54, 1.807) is 10.6 Å². The summed E-state index contributed by atoms with van der Waals surface area (Å²) in [5, 5.41) is 12.6. The minimum atomic E-state index is -1.31. The number of carboxylic acids is 1. The second-order valence-electron chi connectivity index (χ2n) is 7.83. The van der Waals surface area contributed by atoms with Gasteiger partial charge in [-0.3, -0.25) is 4.79 Å². The fraction of sp³-hybridized carbons (Fsp3) is 0.474. The van der Waals surface area contributed by atoms with Crippen LogP contribution in [0, 0.1) is 5.82 Å². The van der Waals surface area contributed by atoms with Crippen LogP contribution in [0.5, 0.6) is 0 Å². The van der Waals surface area contributed by atoms with Crippen molar-refractivity contribution in [3.05, 3.63) is 39.9 Å². The molecule has 0 amide bonds. The number of aromatic carboxylic acids is 1. The summed E-state index contributed by atoms with van der Waals surface area (Å²) in [4.78, 5) is 25.9. The topological polar surface area (TPSA) is 74.6 Å². The van der Waals surface area contributed by atoms with E-state index in [-0.39, 0.29) is 23.0 Å². The van der Waals surface area contributed by atoms with Crippen LogP contribution in [-0.2, 0) is 5.54 Å². The molecule has 0 saturated carbocycles. The first-order valence-corrected chi connectivity index (χ1v) is 8.63. The Labute approximate surface area is 151 Å². The van der Waals surface area contributed by atoms with E-state index < -0.39 is 22.8 Å². The molecule has 140 valence electrons. The minimum Gasteiger partial charge on any atom is -0.477 e. The number of fused-ring (bicyclic) bond motifs is 1. The molecule has 3 rings (SSSR count). The number of hydrogen-bond acceptors (Lipinski definition) is 4. The standard InChI is InChI=1S/C19H24FN3O3/c1-10-14(21-5)9-22(10)16-7-15-11(6-13(16)20)17(24)12(18(25)26)8-23(15)19(2,3)4/h6-8,10,14,21H,9H2,1-5H3,(H,25,26)/t10-,14+/m1/s1. The number of anilines is 1. The van der Waals surface area contributed by atoms with Crippen LogP contribution in [0.3, 0.4) is 0 Å². The first kappa shape index (κ1) is 18.4. The molecular weight excluding hydrogens is 337 g/mol. The first-order valence-electron chi connectivity index (χ1n) is 8.63.